The van der Waals surface area contributed by atoms with E-state index in [2.05, 4.69) is 25.7 Å². The van der Waals surface area contributed by atoms with Crippen LogP contribution in [0.2, 0.25) is 0 Å². The van der Waals surface area contributed by atoms with Gasteiger partial charge in [-0.05, 0) is 51.0 Å². The molecule has 1 atom stereocenters. The van der Waals surface area contributed by atoms with Crippen LogP contribution in [0, 0.1) is 6.92 Å². The van der Waals surface area contributed by atoms with Crippen molar-refractivity contribution in [3.63, 3.8) is 0 Å². The summed E-state index contributed by atoms with van der Waals surface area (Å²) >= 11 is 1.16. The lowest BCUT2D eigenvalue weighted by Crippen LogP contribution is -2.53. The highest BCUT2D eigenvalue weighted by Crippen LogP contribution is 2.38. The number of benzene rings is 2. The zero-order valence-corrected chi connectivity index (χ0v) is 23.8. The van der Waals surface area contributed by atoms with Gasteiger partial charge in [0.2, 0.25) is 18.2 Å². The maximum Gasteiger partial charge on any atom is 0.387 e. The highest BCUT2D eigenvalue weighted by Gasteiger charge is 2.35. The molecule has 0 aliphatic carbocycles. The molecule has 1 aliphatic rings. The average Bonchev–Trinajstić information content (AvgIpc) is 3.36. The average molecular weight is 604 g/mol. The highest BCUT2D eigenvalue weighted by atomic mass is 32.1. The molecule has 1 unspecified atom stereocenters. The molecule has 1 aromatic heterocycles. The summed E-state index contributed by atoms with van der Waals surface area (Å²) in [4.78, 5) is 66.9. The summed E-state index contributed by atoms with van der Waals surface area (Å²) in [7, 11) is 1.39. The number of aryl methyl sites for hydroxylation is 1. The molecule has 6 amide bonds. The number of urea groups is 1. The molecule has 4 rings (SSSR count). The van der Waals surface area contributed by atoms with Crippen LogP contribution in [0.3, 0.4) is 0 Å². The van der Waals surface area contributed by atoms with Crippen LogP contribution < -0.4 is 25.4 Å². The van der Waals surface area contributed by atoms with Crippen LogP contribution in [-0.4, -0.2) is 59.8 Å². The molecule has 12 nitrogen and oxygen atoms in total. The molecule has 0 saturated carbocycles. The number of carbonyl (C=O) groups is 5. The van der Waals surface area contributed by atoms with Gasteiger partial charge in [0, 0.05) is 23.7 Å². The molecular weight excluding hydrogens is 576 g/mol. The largest absolute Gasteiger partial charge is 0.497 e. The van der Waals surface area contributed by atoms with E-state index in [9.17, 15) is 32.8 Å². The van der Waals surface area contributed by atoms with E-state index >= 15 is 0 Å². The number of methoxy groups -OCH3 is 1. The van der Waals surface area contributed by atoms with E-state index < -0.39 is 41.9 Å². The van der Waals surface area contributed by atoms with Crippen LogP contribution in [0.4, 0.5) is 19.3 Å². The van der Waals surface area contributed by atoms with E-state index in [1.165, 1.54) is 19.2 Å². The van der Waals surface area contributed by atoms with Gasteiger partial charge in [-0.25, -0.2) is 9.78 Å². The van der Waals surface area contributed by atoms with Crippen LogP contribution in [0.1, 0.15) is 47.6 Å². The molecule has 0 spiro atoms. The summed E-state index contributed by atoms with van der Waals surface area (Å²) in [5.41, 5.74) is -0.128. The zero-order valence-electron chi connectivity index (χ0n) is 22.9. The van der Waals surface area contributed by atoms with E-state index in [0.29, 0.717) is 21.0 Å². The number of nitrogens with zero attached hydrogens (tertiary/aromatic N) is 2. The lowest BCUT2D eigenvalue weighted by Gasteiger charge is -2.28. The second-order valence-electron chi connectivity index (χ2n) is 9.89. The van der Waals surface area contributed by atoms with Gasteiger partial charge < -0.3 is 20.1 Å². The smallest absolute Gasteiger partial charge is 0.387 e. The minimum Gasteiger partial charge on any atom is -0.497 e. The van der Waals surface area contributed by atoms with Gasteiger partial charge in [-0.15, -0.1) is 11.3 Å². The second-order valence-corrected chi connectivity index (χ2v) is 10.9. The number of imide groups is 2. The van der Waals surface area contributed by atoms with Gasteiger partial charge in [-0.1, -0.05) is 6.07 Å². The molecular formula is C27H27F2N5O7S. The molecule has 3 aromatic rings. The first-order valence-electron chi connectivity index (χ1n) is 12.6. The number of hydrogen-bond acceptors (Lipinski definition) is 9. The molecule has 1 saturated heterocycles. The Balaban J connectivity index is 1.52. The fraction of sp³-hybridized carbons (Fsp3) is 0.333. The predicted octanol–water partition coefficient (Wildman–Crippen LogP) is 3.68. The molecule has 2 heterocycles. The third-order valence-electron chi connectivity index (χ3n) is 6.47. The van der Waals surface area contributed by atoms with E-state index in [4.69, 9.17) is 4.74 Å². The fourth-order valence-electron chi connectivity index (χ4n) is 4.33. The van der Waals surface area contributed by atoms with E-state index in [-0.39, 0.29) is 41.8 Å². The maximum absolute atomic E-state index is 13.2. The molecule has 0 bridgehead atoms. The summed E-state index contributed by atoms with van der Waals surface area (Å²) < 4.78 is 36.2. The van der Waals surface area contributed by atoms with Crippen molar-refractivity contribution < 1.29 is 42.2 Å². The maximum atomic E-state index is 13.2. The van der Waals surface area contributed by atoms with Crippen LogP contribution >= 0.6 is 11.3 Å². The van der Waals surface area contributed by atoms with Crippen molar-refractivity contribution in [2.45, 2.75) is 51.8 Å². The van der Waals surface area contributed by atoms with Crippen LogP contribution in [0.5, 0.6) is 11.5 Å². The summed E-state index contributed by atoms with van der Waals surface area (Å²) in [5.74, 6) is -1.87. The normalized spacial score (nSPS) is 15.3. The van der Waals surface area contributed by atoms with Gasteiger partial charge in [0.1, 0.15) is 22.3 Å². The van der Waals surface area contributed by atoms with E-state index in [1.807, 2.05) is 0 Å². The van der Waals surface area contributed by atoms with Crippen molar-refractivity contribution in [2.75, 3.05) is 12.4 Å². The minimum atomic E-state index is -3.07. The van der Waals surface area contributed by atoms with Gasteiger partial charge in [-0.3, -0.25) is 29.4 Å². The number of anilines is 1. The van der Waals surface area contributed by atoms with Crippen LogP contribution in [0.15, 0.2) is 30.3 Å². The van der Waals surface area contributed by atoms with E-state index in [0.717, 1.165) is 16.2 Å². The summed E-state index contributed by atoms with van der Waals surface area (Å²) in [5, 5.41) is 7.91. The quantitative estimate of drug-likeness (QED) is 0.247. The topological polar surface area (TPSA) is 156 Å². The number of amides is 6. The number of carbonyl (C=O) groups excluding carboxylic acids is 5. The Kier molecular flexibility index (Phi) is 8.70. The molecule has 1 aliphatic heterocycles. The Morgan fingerprint density at radius 1 is 1.24 bits per heavy atom. The number of thiazole rings is 1. The molecule has 1 fully saturated rings. The molecule has 222 valence electrons. The lowest BCUT2D eigenvalue weighted by atomic mass is 10.0. The monoisotopic (exact) mass is 603 g/mol. The Hall–Kier alpha value is -4.66. The van der Waals surface area contributed by atoms with Crippen LogP contribution in [-0.2, 0) is 19.9 Å². The summed E-state index contributed by atoms with van der Waals surface area (Å²) in [6.45, 7) is 1.89. The number of rotatable bonds is 9. The predicted molar refractivity (Wildman–Crippen MR) is 148 cm³/mol. The zero-order chi connectivity index (χ0) is 30.8. The van der Waals surface area contributed by atoms with Crippen molar-refractivity contribution in [3.8, 4) is 11.5 Å². The summed E-state index contributed by atoms with van der Waals surface area (Å²) in [6, 6.07) is 5.58. The number of aromatic nitrogens is 1. The Labute approximate surface area is 242 Å². The van der Waals surface area contributed by atoms with Gasteiger partial charge in [0.05, 0.1) is 17.3 Å². The number of fused-ring (bicyclic) bond motifs is 1. The Morgan fingerprint density at radius 2 is 1.98 bits per heavy atom. The third kappa shape index (κ3) is 6.46. The molecule has 2 aromatic carbocycles. The number of nitrogens with one attached hydrogen (secondary N) is 3. The van der Waals surface area contributed by atoms with E-state index in [1.54, 1.807) is 39.0 Å². The van der Waals surface area contributed by atoms with Gasteiger partial charge in [0.15, 0.2) is 5.75 Å². The first kappa shape index (κ1) is 30.3. The number of alkyl halides is 2. The molecule has 15 heteroatoms. The Morgan fingerprint density at radius 3 is 2.62 bits per heavy atom. The number of halogens is 2. The third-order valence-corrected chi connectivity index (χ3v) is 7.79. The van der Waals surface area contributed by atoms with Crippen molar-refractivity contribution in [3.05, 3.63) is 46.5 Å². The second kappa shape index (κ2) is 12.1. The van der Waals surface area contributed by atoms with Gasteiger partial charge in [0.25, 0.3) is 5.91 Å². The SMILES string of the molecule is COc1cc(OC(F)F)c2nc(C(C)(C)NC(=O)Nc3ccc(C)c(C(=O)N(C=O)C4CCC(=O)NC4=O)c3)sc2c1. The molecule has 42 heavy (non-hydrogen) atoms. The summed E-state index contributed by atoms with van der Waals surface area (Å²) in [6.07, 6.45) is 0.216. The first-order valence-corrected chi connectivity index (χ1v) is 13.4. The molecule has 3 N–H and O–H groups in total. The first-order chi connectivity index (χ1) is 19.8. The molecule has 0 radical (unpaired) electrons. The fourth-order valence-corrected chi connectivity index (χ4v) is 5.39. The van der Waals surface area contributed by atoms with Crippen molar-refractivity contribution in [1.82, 2.24) is 20.5 Å². The standard InChI is InChI=1S/C27H27F2N5O7S/c1-13-5-6-14(9-16(13)23(38)34(12-35)17-7-8-20(36)31-22(17)37)30-26(39)33-27(2,3)24-32-21-18(41-25(28)29)10-15(40-4)11-19(21)42-24/h5-6,9-12,17,25H,7-8H2,1-4H3,(H2,30,33,39)(H,31,36,37). The lowest BCUT2D eigenvalue weighted by molar-refractivity contribution is -0.139. The van der Waals surface area contributed by atoms with Crippen molar-refractivity contribution in [1.29, 1.82) is 0 Å². The highest BCUT2D eigenvalue weighted by molar-refractivity contribution is 7.18. The Bertz CT molecular complexity index is 1580. The van der Waals surface area contributed by atoms with Gasteiger partial charge >= 0.3 is 12.6 Å². The minimum absolute atomic E-state index is 0.00206. The number of ether oxygens (including phenoxy) is 2. The van der Waals surface area contributed by atoms with Crippen molar-refractivity contribution >= 4 is 57.4 Å². The van der Waals surface area contributed by atoms with Crippen LogP contribution in [0.25, 0.3) is 10.2 Å². The van der Waals surface area contributed by atoms with Crippen molar-refractivity contribution in [2.24, 2.45) is 0 Å². The van der Waals surface area contributed by atoms with Gasteiger partial charge in [-0.2, -0.15) is 8.78 Å². The number of piperidine rings is 1. The number of hydrogen-bond donors (Lipinski definition) is 3.